The van der Waals surface area contributed by atoms with Crippen molar-refractivity contribution in [3.8, 4) is 0 Å². The molecular weight excluding hydrogens is 455 g/mol. The van der Waals surface area contributed by atoms with Crippen molar-refractivity contribution in [1.82, 2.24) is 0 Å². The van der Waals surface area contributed by atoms with Crippen LogP contribution in [0.1, 0.15) is 27.0 Å². The Morgan fingerprint density at radius 3 is 2.18 bits per heavy atom. The molecule has 3 aromatic carbocycles. The summed E-state index contributed by atoms with van der Waals surface area (Å²) in [6.07, 6.45) is 0. The van der Waals surface area contributed by atoms with Crippen LogP contribution in [0.3, 0.4) is 0 Å². The molecule has 0 aliphatic carbocycles. The van der Waals surface area contributed by atoms with Crippen molar-refractivity contribution >= 4 is 53.2 Å². The standard InChI is InChI=1S/C23H21ClO2SSe/c1-14-15(2)22(28-19-8-6-5-7-9-19)16(3)20(23(25)26-4)21(14)27-18-12-10-17(24)11-13-18/h5-13H,1-4H3. The van der Waals surface area contributed by atoms with Crippen molar-refractivity contribution in [2.24, 2.45) is 0 Å². The van der Waals surface area contributed by atoms with E-state index >= 15 is 0 Å². The Balaban J connectivity index is 2.14. The van der Waals surface area contributed by atoms with Gasteiger partial charge in [-0.2, -0.15) is 0 Å². The van der Waals surface area contributed by atoms with E-state index in [1.165, 1.54) is 21.6 Å². The van der Waals surface area contributed by atoms with Crippen molar-refractivity contribution in [3.05, 3.63) is 81.9 Å². The Labute approximate surface area is 181 Å². The number of methoxy groups -OCH3 is 1. The fourth-order valence-electron chi connectivity index (χ4n) is 2.95. The summed E-state index contributed by atoms with van der Waals surface area (Å²) in [4.78, 5) is 14.7. The zero-order valence-corrected chi connectivity index (χ0v) is 19.5. The molecule has 0 aromatic heterocycles. The van der Waals surface area contributed by atoms with Crippen LogP contribution in [0.5, 0.6) is 0 Å². The van der Waals surface area contributed by atoms with Crippen LogP contribution in [0.2, 0.25) is 5.02 Å². The van der Waals surface area contributed by atoms with Crippen LogP contribution in [-0.4, -0.2) is 28.0 Å². The molecule has 2 nitrogen and oxygen atoms in total. The second kappa shape index (κ2) is 9.19. The van der Waals surface area contributed by atoms with Gasteiger partial charge in [0.25, 0.3) is 0 Å². The van der Waals surface area contributed by atoms with E-state index in [1.807, 2.05) is 37.3 Å². The number of esters is 1. The van der Waals surface area contributed by atoms with Crippen LogP contribution in [0.25, 0.3) is 0 Å². The van der Waals surface area contributed by atoms with Crippen LogP contribution in [0.4, 0.5) is 0 Å². The molecule has 0 unspecified atom stereocenters. The van der Waals surface area contributed by atoms with E-state index < -0.39 is 0 Å². The van der Waals surface area contributed by atoms with E-state index in [-0.39, 0.29) is 20.9 Å². The Morgan fingerprint density at radius 2 is 1.57 bits per heavy atom. The van der Waals surface area contributed by atoms with Gasteiger partial charge < -0.3 is 0 Å². The van der Waals surface area contributed by atoms with Crippen LogP contribution >= 0.6 is 23.4 Å². The molecule has 0 saturated heterocycles. The van der Waals surface area contributed by atoms with Crippen molar-refractivity contribution in [2.75, 3.05) is 7.11 Å². The average molecular weight is 476 g/mol. The second-order valence-corrected chi connectivity index (χ2v) is 10.2. The average Bonchev–Trinajstić information content (AvgIpc) is 2.71. The van der Waals surface area contributed by atoms with Gasteiger partial charge in [0.05, 0.1) is 0 Å². The van der Waals surface area contributed by atoms with Gasteiger partial charge in [-0.05, 0) is 0 Å². The maximum absolute atomic E-state index is 12.7. The molecule has 3 rings (SSSR count). The Hall–Kier alpha value is -1.71. The molecule has 0 atom stereocenters. The number of rotatable bonds is 5. The number of halogens is 1. The van der Waals surface area contributed by atoms with Gasteiger partial charge in [-0.15, -0.1) is 0 Å². The van der Waals surface area contributed by atoms with E-state index in [0.717, 1.165) is 20.9 Å². The molecule has 28 heavy (non-hydrogen) atoms. The minimum atomic E-state index is -0.290. The molecule has 3 aromatic rings. The SMILES string of the molecule is COC(=O)c1c(C)c([Se]c2ccccc2)c(C)c(C)c1Sc1ccc(Cl)cc1. The van der Waals surface area contributed by atoms with Crippen molar-refractivity contribution in [2.45, 2.75) is 30.6 Å². The van der Waals surface area contributed by atoms with E-state index in [4.69, 9.17) is 16.3 Å². The number of hydrogen-bond donors (Lipinski definition) is 0. The Kier molecular flexibility index (Phi) is 6.90. The molecular formula is C23H21ClO2SSe. The molecule has 0 heterocycles. The third-order valence-corrected chi connectivity index (χ3v) is 8.83. The molecule has 144 valence electrons. The summed E-state index contributed by atoms with van der Waals surface area (Å²) in [6, 6.07) is 18.1. The molecule has 0 bridgehead atoms. The van der Waals surface area contributed by atoms with E-state index in [2.05, 4.69) is 38.1 Å². The van der Waals surface area contributed by atoms with Crippen LogP contribution in [0, 0.1) is 20.8 Å². The maximum atomic E-state index is 12.7. The van der Waals surface area contributed by atoms with E-state index in [1.54, 1.807) is 11.8 Å². The number of hydrogen-bond acceptors (Lipinski definition) is 3. The molecule has 0 amide bonds. The molecule has 0 N–H and O–H groups in total. The number of carbonyl (C=O) groups excluding carboxylic acids is 1. The molecule has 0 spiro atoms. The summed E-state index contributed by atoms with van der Waals surface area (Å²) in [5.41, 5.74) is 4.04. The number of ether oxygens (including phenoxy) is 1. The van der Waals surface area contributed by atoms with E-state index in [0.29, 0.717) is 10.6 Å². The van der Waals surface area contributed by atoms with Crippen molar-refractivity contribution in [1.29, 1.82) is 0 Å². The number of benzene rings is 3. The van der Waals surface area contributed by atoms with Gasteiger partial charge in [0.15, 0.2) is 0 Å². The zero-order valence-electron chi connectivity index (χ0n) is 16.2. The summed E-state index contributed by atoms with van der Waals surface area (Å²) >= 11 is 7.72. The Bertz CT molecular complexity index is 1000. The van der Waals surface area contributed by atoms with Crippen LogP contribution in [-0.2, 0) is 4.74 Å². The van der Waals surface area contributed by atoms with Gasteiger partial charge in [0, 0.05) is 0 Å². The summed E-state index contributed by atoms with van der Waals surface area (Å²) in [5, 5.41) is 0.697. The van der Waals surface area contributed by atoms with Gasteiger partial charge in [0.2, 0.25) is 0 Å². The quantitative estimate of drug-likeness (QED) is 0.389. The third-order valence-electron chi connectivity index (χ3n) is 4.57. The molecule has 0 fully saturated rings. The zero-order chi connectivity index (χ0) is 20.3. The topological polar surface area (TPSA) is 26.3 Å². The van der Waals surface area contributed by atoms with Gasteiger partial charge >= 0.3 is 182 Å². The molecule has 0 aliphatic heterocycles. The van der Waals surface area contributed by atoms with Crippen LogP contribution < -0.4 is 8.92 Å². The molecule has 0 radical (unpaired) electrons. The first-order chi connectivity index (χ1) is 13.4. The predicted molar refractivity (Wildman–Crippen MR) is 119 cm³/mol. The van der Waals surface area contributed by atoms with Crippen molar-refractivity contribution < 1.29 is 9.53 Å². The van der Waals surface area contributed by atoms with Gasteiger partial charge in [-0.1, -0.05) is 0 Å². The molecule has 0 saturated carbocycles. The van der Waals surface area contributed by atoms with Crippen molar-refractivity contribution in [3.63, 3.8) is 0 Å². The van der Waals surface area contributed by atoms with Crippen LogP contribution in [0.15, 0.2) is 64.4 Å². The summed E-state index contributed by atoms with van der Waals surface area (Å²) in [5.74, 6) is -0.290. The summed E-state index contributed by atoms with van der Waals surface area (Å²) in [7, 11) is 1.44. The fraction of sp³-hybridized carbons (Fsp3) is 0.174. The first kappa shape index (κ1) is 21.0. The first-order valence-corrected chi connectivity index (χ1v) is 11.7. The Morgan fingerprint density at radius 1 is 0.929 bits per heavy atom. The minimum absolute atomic E-state index is 0.117. The van der Waals surface area contributed by atoms with E-state index in [9.17, 15) is 4.79 Å². The second-order valence-electron chi connectivity index (χ2n) is 6.37. The van der Waals surface area contributed by atoms with Gasteiger partial charge in [-0.25, -0.2) is 0 Å². The number of carbonyl (C=O) groups is 1. The summed E-state index contributed by atoms with van der Waals surface area (Å²) in [6.45, 7) is 6.27. The summed E-state index contributed by atoms with van der Waals surface area (Å²) < 4.78 is 7.68. The first-order valence-electron chi connectivity index (χ1n) is 8.80. The van der Waals surface area contributed by atoms with Gasteiger partial charge in [-0.3, -0.25) is 0 Å². The molecule has 5 heteroatoms. The normalized spacial score (nSPS) is 10.8. The predicted octanol–water partition coefficient (Wildman–Crippen LogP) is 4.86. The third kappa shape index (κ3) is 4.47. The van der Waals surface area contributed by atoms with Gasteiger partial charge in [0.1, 0.15) is 0 Å². The monoisotopic (exact) mass is 476 g/mol. The fourth-order valence-corrected chi connectivity index (χ4v) is 6.51. The molecule has 0 aliphatic rings.